The van der Waals surface area contributed by atoms with Crippen LogP contribution in [0.1, 0.15) is 0 Å². The minimum absolute atomic E-state index is 0.429. The number of anilines is 1. The summed E-state index contributed by atoms with van der Waals surface area (Å²) in [5.74, 6) is 1.14. The smallest absolute Gasteiger partial charge is 0.153 e. The molecule has 0 bridgehead atoms. The molecule has 0 aliphatic rings. The van der Waals surface area contributed by atoms with Gasteiger partial charge in [0, 0.05) is 23.3 Å². The molecule has 0 radical (unpaired) electrons. The van der Waals surface area contributed by atoms with E-state index in [0.717, 1.165) is 27.8 Å². The molecule has 1 aromatic carbocycles. The highest BCUT2D eigenvalue weighted by atomic mass is 16.3. The first-order valence-corrected chi connectivity index (χ1v) is 6.56. The lowest BCUT2D eigenvalue weighted by Gasteiger charge is -2.01. The highest BCUT2D eigenvalue weighted by molar-refractivity contribution is 5.90. The van der Waals surface area contributed by atoms with Gasteiger partial charge in [-0.05, 0) is 18.2 Å². The normalized spacial score (nSPS) is 11.0. The van der Waals surface area contributed by atoms with Crippen molar-refractivity contribution in [3.8, 4) is 22.6 Å². The Bertz CT molecular complexity index is 875. The first kappa shape index (κ1) is 11.7. The maximum absolute atomic E-state index is 5.99. The second-order valence-electron chi connectivity index (χ2n) is 4.75. The molecule has 5 nitrogen and oxygen atoms in total. The van der Waals surface area contributed by atoms with E-state index in [1.165, 1.54) is 0 Å². The van der Waals surface area contributed by atoms with Gasteiger partial charge in [-0.1, -0.05) is 24.3 Å². The van der Waals surface area contributed by atoms with Crippen molar-refractivity contribution in [3.05, 3.63) is 54.9 Å². The van der Waals surface area contributed by atoms with Crippen LogP contribution < -0.4 is 5.73 Å². The number of nitrogens with zero attached hydrogens (tertiary/aromatic N) is 2. The molecule has 3 aromatic heterocycles. The average Bonchev–Trinajstić information content (AvgIpc) is 3.11. The van der Waals surface area contributed by atoms with Crippen molar-refractivity contribution in [3.63, 3.8) is 0 Å². The zero-order chi connectivity index (χ0) is 14.2. The Morgan fingerprint density at radius 3 is 2.81 bits per heavy atom. The molecule has 0 aliphatic carbocycles. The Kier molecular flexibility index (Phi) is 2.50. The van der Waals surface area contributed by atoms with Gasteiger partial charge < -0.3 is 10.2 Å². The molecular weight excluding hydrogens is 264 g/mol. The lowest BCUT2D eigenvalue weighted by atomic mass is 10.1. The SMILES string of the molecule is Nc1n[nH]c(-c2cc3ccccc3o2)c1-c1cccnc1. The van der Waals surface area contributed by atoms with Gasteiger partial charge in [-0.25, -0.2) is 0 Å². The van der Waals surface area contributed by atoms with E-state index < -0.39 is 0 Å². The number of furan rings is 1. The highest BCUT2D eigenvalue weighted by Crippen LogP contribution is 2.36. The molecule has 5 heteroatoms. The number of rotatable bonds is 2. The van der Waals surface area contributed by atoms with Gasteiger partial charge in [0.25, 0.3) is 0 Å². The molecule has 0 fully saturated rings. The van der Waals surface area contributed by atoms with Crippen molar-refractivity contribution in [2.45, 2.75) is 0 Å². The van der Waals surface area contributed by atoms with E-state index in [4.69, 9.17) is 10.2 Å². The third kappa shape index (κ3) is 1.87. The van der Waals surface area contributed by atoms with Crippen LogP contribution in [-0.2, 0) is 0 Å². The molecule has 3 N–H and O–H groups in total. The standard InChI is InChI=1S/C16H12N4O/c17-16-14(11-5-3-7-18-9-11)15(19-20-16)13-8-10-4-1-2-6-12(10)21-13/h1-9H,(H3,17,19,20). The molecule has 0 saturated carbocycles. The molecule has 0 amide bonds. The van der Waals surface area contributed by atoms with Gasteiger partial charge in [-0.2, -0.15) is 5.10 Å². The molecule has 4 aromatic rings. The molecule has 21 heavy (non-hydrogen) atoms. The summed E-state index contributed by atoms with van der Waals surface area (Å²) in [4.78, 5) is 4.13. The summed E-state index contributed by atoms with van der Waals surface area (Å²) >= 11 is 0. The van der Waals surface area contributed by atoms with Crippen LogP contribution >= 0.6 is 0 Å². The summed E-state index contributed by atoms with van der Waals surface area (Å²) in [7, 11) is 0. The van der Waals surface area contributed by atoms with E-state index in [2.05, 4.69) is 15.2 Å². The van der Waals surface area contributed by atoms with Crippen LogP contribution in [0.3, 0.4) is 0 Å². The van der Waals surface area contributed by atoms with Crippen LogP contribution in [0.15, 0.2) is 59.3 Å². The zero-order valence-electron chi connectivity index (χ0n) is 11.1. The zero-order valence-corrected chi connectivity index (χ0v) is 11.1. The Hall–Kier alpha value is -3.08. The Morgan fingerprint density at radius 2 is 2.00 bits per heavy atom. The number of aromatic amines is 1. The topological polar surface area (TPSA) is 80.7 Å². The average molecular weight is 276 g/mol. The minimum Gasteiger partial charge on any atom is -0.454 e. The van der Waals surface area contributed by atoms with E-state index in [0.29, 0.717) is 11.6 Å². The highest BCUT2D eigenvalue weighted by Gasteiger charge is 2.17. The van der Waals surface area contributed by atoms with Crippen molar-refractivity contribution in [2.75, 3.05) is 5.73 Å². The summed E-state index contributed by atoms with van der Waals surface area (Å²) in [6, 6.07) is 13.6. The molecule has 0 unspecified atom stereocenters. The molecule has 102 valence electrons. The third-order valence-corrected chi connectivity index (χ3v) is 3.42. The van der Waals surface area contributed by atoms with Gasteiger partial charge in [0.2, 0.25) is 0 Å². The Balaban J connectivity index is 1.93. The molecule has 4 rings (SSSR count). The van der Waals surface area contributed by atoms with Gasteiger partial charge in [0.15, 0.2) is 11.6 Å². The molecule has 0 atom stereocenters. The van der Waals surface area contributed by atoms with Gasteiger partial charge in [0.05, 0.1) is 5.56 Å². The first-order valence-electron chi connectivity index (χ1n) is 6.56. The third-order valence-electron chi connectivity index (χ3n) is 3.42. The summed E-state index contributed by atoms with van der Waals surface area (Å²) < 4.78 is 5.88. The van der Waals surface area contributed by atoms with Crippen molar-refractivity contribution in [1.82, 2.24) is 15.2 Å². The van der Waals surface area contributed by atoms with Crippen LogP contribution in [0.2, 0.25) is 0 Å². The molecule has 0 saturated heterocycles. The first-order chi connectivity index (χ1) is 10.3. The number of pyridine rings is 1. The predicted molar refractivity (Wildman–Crippen MR) is 81.4 cm³/mol. The quantitative estimate of drug-likeness (QED) is 0.587. The largest absolute Gasteiger partial charge is 0.454 e. The van der Waals surface area contributed by atoms with E-state index >= 15 is 0 Å². The van der Waals surface area contributed by atoms with Crippen molar-refractivity contribution in [2.24, 2.45) is 0 Å². The Morgan fingerprint density at radius 1 is 1.10 bits per heavy atom. The van der Waals surface area contributed by atoms with Gasteiger partial charge >= 0.3 is 0 Å². The van der Waals surface area contributed by atoms with E-state index in [1.807, 2.05) is 42.5 Å². The second-order valence-corrected chi connectivity index (χ2v) is 4.75. The number of para-hydroxylation sites is 1. The number of nitrogens with two attached hydrogens (primary N) is 1. The molecule has 0 aliphatic heterocycles. The van der Waals surface area contributed by atoms with Crippen LogP contribution in [0, 0.1) is 0 Å². The van der Waals surface area contributed by atoms with Crippen LogP contribution in [0.5, 0.6) is 0 Å². The molecular formula is C16H12N4O. The number of aromatic nitrogens is 3. The summed E-state index contributed by atoms with van der Waals surface area (Å²) in [6.45, 7) is 0. The van der Waals surface area contributed by atoms with Gasteiger partial charge in [-0.3, -0.25) is 10.1 Å². The fourth-order valence-corrected chi connectivity index (χ4v) is 2.44. The maximum atomic E-state index is 5.99. The number of fused-ring (bicyclic) bond motifs is 1. The predicted octanol–water partition coefficient (Wildman–Crippen LogP) is 3.47. The lowest BCUT2D eigenvalue weighted by Crippen LogP contribution is -1.88. The number of H-pyrrole nitrogens is 1. The number of benzene rings is 1. The van der Waals surface area contributed by atoms with Crippen LogP contribution in [0.4, 0.5) is 5.82 Å². The molecule has 0 spiro atoms. The van der Waals surface area contributed by atoms with Gasteiger partial charge in [-0.15, -0.1) is 0 Å². The van der Waals surface area contributed by atoms with Gasteiger partial charge in [0.1, 0.15) is 11.3 Å². The summed E-state index contributed by atoms with van der Waals surface area (Å²) in [6.07, 6.45) is 3.48. The van der Waals surface area contributed by atoms with Crippen LogP contribution in [0.25, 0.3) is 33.6 Å². The number of hydrogen-bond acceptors (Lipinski definition) is 4. The summed E-state index contributed by atoms with van der Waals surface area (Å²) in [5.41, 5.74) is 9.29. The van der Waals surface area contributed by atoms with E-state index in [9.17, 15) is 0 Å². The van der Waals surface area contributed by atoms with Crippen molar-refractivity contribution >= 4 is 16.8 Å². The Labute approximate surface area is 120 Å². The fraction of sp³-hybridized carbons (Fsp3) is 0. The maximum Gasteiger partial charge on any atom is 0.153 e. The lowest BCUT2D eigenvalue weighted by molar-refractivity contribution is 0.628. The number of hydrogen-bond donors (Lipinski definition) is 2. The fourth-order valence-electron chi connectivity index (χ4n) is 2.44. The monoisotopic (exact) mass is 276 g/mol. The molecule has 3 heterocycles. The summed E-state index contributed by atoms with van der Waals surface area (Å²) in [5, 5.41) is 8.10. The van der Waals surface area contributed by atoms with E-state index in [1.54, 1.807) is 12.4 Å². The second kappa shape index (κ2) is 4.49. The van der Waals surface area contributed by atoms with Crippen LogP contribution in [-0.4, -0.2) is 15.2 Å². The number of nitrogens with one attached hydrogen (secondary N) is 1. The minimum atomic E-state index is 0.429. The van der Waals surface area contributed by atoms with Crippen molar-refractivity contribution < 1.29 is 4.42 Å². The van der Waals surface area contributed by atoms with E-state index in [-0.39, 0.29) is 0 Å². The van der Waals surface area contributed by atoms with Crippen molar-refractivity contribution in [1.29, 1.82) is 0 Å². The number of nitrogen functional groups attached to an aromatic ring is 1.